The molecule has 0 saturated heterocycles. The number of hydrogen-bond donors (Lipinski definition) is 0. The Morgan fingerprint density at radius 1 is 0.636 bits per heavy atom. The maximum atomic E-state index is 12.3. The van der Waals surface area contributed by atoms with Crippen LogP contribution in [0.3, 0.4) is 0 Å². The second-order valence-electron chi connectivity index (χ2n) is 10.7. The lowest BCUT2D eigenvalue weighted by Gasteiger charge is -2.28. The van der Waals surface area contributed by atoms with Gasteiger partial charge in [0, 0.05) is 6.42 Å². The molecule has 0 fully saturated rings. The Bertz CT molecular complexity index is 473. The van der Waals surface area contributed by atoms with Gasteiger partial charge in [0.25, 0.3) is 0 Å². The largest absolute Gasteiger partial charge is 0.466 e. The van der Waals surface area contributed by atoms with E-state index in [0.29, 0.717) is 24.1 Å². The third-order valence-corrected chi connectivity index (χ3v) is 5.94. The summed E-state index contributed by atoms with van der Waals surface area (Å²) in [6.07, 6.45) is 19.7. The highest BCUT2D eigenvalue weighted by Gasteiger charge is 2.25. The second-order valence-corrected chi connectivity index (χ2v) is 10.7. The van der Waals surface area contributed by atoms with Crippen LogP contribution in [0.4, 0.5) is 0 Å². The highest BCUT2D eigenvalue weighted by molar-refractivity contribution is 5.72. The maximum absolute atomic E-state index is 12.3. The van der Waals surface area contributed by atoms with Gasteiger partial charge in [-0.05, 0) is 12.8 Å². The Labute approximate surface area is 205 Å². The monoisotopic (exact) mass is 470 g/mol. The molecule has 0 bridgehead atoms. The normalized spacial score (nSPS) is 12.5. The smallest absolute Gasteiger partial charge is 0.309 e. The van der Waals surface area contributed by atoms with E-state index in [4.69, 9.17) is 9.47 Å². The summed E-state index contributed by atoms with van der Waals surface area (Å²) in [5.74, 6) is -0.445. The van der Waals surface area contributed by atoms with Crippen LogP contribution in [0, 0.1) is 0 Å². The standard InChI is InChI=1S/C28H56NO4/c1-6-8-10-12-13-14-15-16-17-19-21-23-32-28(31)24-26(25-29(3,4)5)33-27(30)22-20-18-11-9-7-2/h26H,6-25H2,1-5H3/q+1/t26-/m1/s1. The summed E-state index contributed by atoms with van der Waals surface area (Å²) in [5, 5.41) is 0. The fourth-order valence-corrected chi connectivity index (χ4v) is 4.07. The number of unbranched alkanes of at least 4 members (excludes halogenated alkanes) is 14. The SMILES string of the molecule is CCCCCCCCCCCCCOC(=O)C[C@H](C[N+](C)(C)C)OC(=O)CCCCCCC. The van der Waals surface area contributed by atoms with Gasteiger partial charge < -0.3 is 14.0 Å². The van der Waals surface area contributed by atoms with Crippen molar-refractivity contribution in [1.82, 2.24) is 0 Å². The molecule has 5 nitrogen and oxygen atoms in total. The Morgan fingerprint density at radius 2 is 1.09 bits per heavy atom. The van der Waals surface area contributed by atoms with Crippen LogP contribution in [0.5, 0.6) is 0 Å². The van der Waals surface area contributed by atoms with Gasteiger partial charge in [-0.15, -0.1) is 0 Å². The highest BCUT2D eigenvalue weighted by Crippen LogP contribution is 2.13. The third kappa shape index (κ3) is 23.8. The summed E-state index contributed by atoms with van der Waals surface area (Å²) in [4.78, 5) is 24.6. The molecule has 5 heteroatoms. The zero-order valence-corrected chi connectivity index (χ0v) is 22.8. The average Bonchev–Trinajstić information content (AvgIpc) is 2.73. The summed E-state index contributed by atoms with van der Waals surface area (Å²) in [6, 6.07) is 0. The molecule has 0 aromatic heterocycles. The first-order valence-corrected chi connectivity index (χ1v) is 13.9. The van der Waals surface area contributed by atoms with Crippen LogP contribution in [-0.4, -0.2) is 56.8 Å². The zero-order valence-electron chi connectivity index (χ0n) is 22.8. The summed E-state index contributed by atoms with van der Waals surface area (Å²) in [6.45, 7) is 5.51. The number of nitrogens with zero attached hydrogens (tertiary/aromatic N) is 1. The lowest BCUT2D eigenvalue weighted by atomic mass is 10.1. The minimum atomic E-state index is -0.419. The number of ether oxygens (including phenoxy) is 2. The van der Waals surface area contributed by atoms with Crippen molar-refractivity contribution >= 4 is 11.9 Å². The quantitative estimate of drug-likeness (QED) is 0.0899. The van der Waals surface area contributed by atoms with Crippen molar-refractivity contribution in [1.29, 1.82) is 0 Å². The Kier molecular flexibility index (Phi) is 20.7. The predicted molar refractivity (Wildman–Crippen MR) is 138 cm³/mol. The summed E-state index contributed by atoms with van der Waals surface area (Å²) in [5.41, 5.74) is 0. The number of esters is 2. The van der Waals surface area contributed by atoms with Gasteiger partial charge in [-0.25, -0.2) is 0 Å². The third-order valence-electron chi connectivity index (χ3n) is 5.94. The average molecular weight is 471 g/mol. The van der Waals surface area contributed by atoms with E-state index in [-0.39, 0.29) is 18.4 Å². The topological polar surface area (TPSA) is 52.6 Å². The van der Waals surface area contributed by atoms with Gasteiger partial charge in [-0.3, -0.25) is 9.59 Å². The molecule has 0 heterocycles. The molecule has 0 aromatic rings. The zero-order chi connectivity index (χ0) is 24.8. The Morgan fingerprint density at radius 3 is 1.58 bits per heavy atom. The van der Waals surface area contributed by atoms with E-state index in [2.05, 4.69) is 13.8 Å². The molecule has 0 rings (SSSR count). The van der Waals surface area contributed by atoms with Crippen LogP contribution in [-0.2, 0) is 19.1 Å². The first-order valence-electron chi connectivity index (χ1n) is 13.9. The molecule has 0 aliphatic rings. The molecule has 0 aliphatic carbocycles. The summed E-state index contributed by atoms with van der Waals surface area (Å²) >= 11 is 0. The van der Waals surface area contributed by atoms with Gasteiger partial charge in [0.05, 0.1) is 34.2 Å². The molecule has 0 spiro atoms. The number of hydrogen-bond acceptors (Lipinski definition) is 4. The molecular formula is C28H56NO4+. The minimum absolute atomic E-state index is 0.148. The van der Waals surface area contributed by atoms with E-state index in [1.165, 1.54) is 70.6 Å². The first kappa shape index (κ1) is 31.9. The Hall–Kier alpha value is -1.10. The van der Waals surface area contributed by atoms with Crippen molar-refractivity contribution in [3.63, 3.8) is 0 Å². The van der Waals surface area contributed by atoms with Crippen molar-refractivity contribution in [2.45, 2.75) is 136 Å². The number of likely N-dealkylation sites (N-methyl/N-ethyl adjacent to an activating group) is 1. The van der Waals surface area contributed by atoms with Gasteiger partial charge >= 0.3 is 11.9 Å². The molecule has 0 amide bonds. The molecule has 0 unspecified atom stereocenters. The fraction of sp³-hybridized carbons (Fsp3) is 0.929. The van der Waals surface area contributed by atoms with Crippen LogP contribution in [0.15, 0.2) is 0 Å². The molecule has 0 aliphatic heterocycles. The van der Waals surface area contributed by atoms with Crippen molar-refractivity contribution in [2.75, 3.05) is 34.3 Å². The molecule has 0 aromatic carbocycles. The predicted octanol–water partition coefficient (Wildman–Crippen LogP) is 7.21. The fourth-order valence-electron chi connectivity index (χ4n) is 4.07. The van der Waals surface area contributed by atoms with Crippen LogP contribution in [0.1, 0.15) is 129 Å². The van der Waals surface area contributed by atoms with E-state index in [1.807, 2.05) is 21.1 Å². The lowest BCUT2D eigenvalue weighted by Crippen LogP contribution is -2.44. The Balaban J connectivity index is 3.97. The number of carbonyl (C=O) groups excluding carboxylic acids is 2. The van der Waals surface area contributed by atoms with Crippen LogP contribution >= 0.6 is 0 Å². The first-order chi connectivity index (χ1) is 15.8. The molecule has 33 heavy (non-hydrogen) atoms. The van der Waals surface area contributed by atoms with Gasteiger partial charge in [0.1, 0.15) is 6.54 Å². The van der Waals surface area contributed by atoms with Crippen LogP contribution in [0.25, 0.3) is 0 Å². The molecule has 0 saturated carbocycles. The lowest BCUT2D eigenvalue weighted by molar-refractivity contribution is -0.873. The van der Waals surface area contributed by atoms with E-state index in [9.17, 15) is 9.59 Å². The van der Waals surface area contributed by atoms with Crippen molar-refractivity contribution in [3.05, 3.63) is 0 Å². The summed E-state index contributed by atoms with van der Waals surface area (Å²) < 4.78 is 11.7. The van der Waals surface area contributed by atoms with E-state index < -0.39 is 6.10 Å². The van der Waals surface area contributed by atoms with Crippen LogP contribution in [0.2, 0.25) is 0 Å². The number of rotatable bonds is 23. The molecule has 1 atom stereocenters. The molecule has 0 radical (unpaired) electrons. The molecule has 196 valence electrons. The van der Waals surface area contributed by atoms with E-state index >= 15 is 0 Å². The second kappa shape index (κ2) is 21.4. The molecule has 0 N–H and O–H groups in total. The highest BCUT2D eigenvalue weighted by atomic mass is 16.6. The van der Waals surface area contributed by atoms with Crippen molar-refractivity contribution < 1.29 is 23.5 Å². The van der Waals surface area contributed by atoms with E-state index in [0.717, 1.165) is 32.1 Å². The van der Waals surface area contributed by atoms with Gasteiger partial charge in [0.2, 0.25) is 0 Å². The van der Waals surface area contributed by atoms with Gasteiger partial charge in [0.15, 0.2) is 6.10 Å². The van der Waals surface area contributed by atoms with E-state index in [1.54, 1.807) is 0 Å². The number of quaternary nitrogens is 1. The molecular weight excluding hydrogens is 414 g/mol. The van der Waals surface area contributed by atoms with Crippen molar-refractivity contribution in [2.24, 2.45) is 0 Å². The van der Waals surface area contributed by atoms with Gasteiger partial charge in [-0.1, -0.05) is 104 Å². The number of carbonyl (C=O) groups is 2. The van der Waals surface area contributed by atoms with Gasteiger partial charge in [-0.2, -0.15) is 0 Å². The maximum Gasteiger partial charge on any atom is 0.309 e. The van der Waals surface area contributed by atoms with Crippen molar-refractivity contribution in [3.8, 4) is 0 Å². The summed E-state index contributed by atoms with van der Waals surface area (Å²) in [7, 11) is 6.13. The van der Waals surface area contributed by atoms with Crippen LogP contribution < -0.4 is 0 Å². The minimum Gasteiger partial charge on any atom is -0.466 e.